The highest BCUT2D eigenvalue weighted by atomic mass is 35.5. The molecule has 0 aliphatic carbocycles. The maximum atomic E-state index is 12.5. The molecule has 23 heavy (non-hydrogen) atoms. The molecule has 3 aromatic carbocycles. The van der Waals surface area contributed by atoms with Gasteiger partial charge in [-0.05, 0) is 54.6 Å². The number of carbonyl (C=O) groups excluding carboxylic acids is 1. The average Bonchev–Trinajstić information content (AvgIpc) is 2.58. The minimum absolute atomic E-state index is 0.0222. The SMILES string of the molecule is O=C(c1ccc(Sc2ccccc2)cc1)c1cc(O)ccc1Cl. The summed E-state index contributed by atoms with van der Waals surface area (Å²) in [6, 6.07) is 21.7. The Hall–Kier alpha value is -2.23. The number of phenols is 1. The van der Waals surface area contributed by atoms with Crippen molar-refractivity contribution in [1.82, 2.24) is 0 Å². The lowest BCUT2D eigenvalue weighted by Crippen LogP contribution is -2.01. The molecule has 0 spiro atoms. The standard InChI is InChI=1S/C19H13ClO2S/c20-18-11-8-14(21)12-17(18)19(22)13-6-9-16(10-7-13)23-15-4-2-1-3-5-15/h1-12,21H. The van der Waals surface area contributed by atoms with Crippen molar-refractivity contribution in [2.45, 2.75) is 9.79 Å². The molecular formula is C19H13ClO2S. The number of ketones is 1. The minimum atomic E-state index is -0.206. The fourth-order valence-electron chi connectivity index (χ4n) is 2.14. The van der Waals surface area contributed by atoms with Crippen LogP contribution in [0.1, 0.15) is 15.9 Å². The molecule has 1 N–H and O–H groups in total. The van der Waals surface area contributed by atoms with Crippen molar-refractivity contribution in [2.24, 2.45) is 0 Å². The van der Waals surface area contributed by atoms with Crippen LogP contribution in [0, 0.1) is 0 Å². The summed E-state index contributed by atoms with van der Waals surface area (Å²) in [5.74, 6) is -0.184. The van der Waals surface area contributed by atoms with E-state index in [4.69, 9.17) is 11.6 Å². The number of hydrogen-bond acceptors (Lipinski definition) is 3. The number of benzene rings is 3. The zero-order chi connectivity index (χ0) is 16.2. The highest BCUT2D eigenvalue weighted by Gasteiger charge is 2.13. The minimum Gasteiger partial charge on any atom is -0.508 e. The van der Waals surface area contributed by atoms with E-state index in [1.165, 1.54) is 18.2 Å². The first kappa shape index (κ1) is 15.7. The van der Waals surface area contributed by atoms with E-state index >= 15 is 0 Å². The van der Waals surface area contributed by atoms with Gasteiger partial charge >= 0.3 is 0 Å². The van der Waals surface area contributed by atoms with Gasteiger partial charge in [0.2, 0.25) is 0 Å². The van der Waals surface area contributed by atoms with Crippen molar-refractivity contribution in [3.63, 3.8) is 0 Å². The van der Waals surface area contributed by atoms with E-state index in [2.05, 4.69) is 0 Å². The number of phenolic OH excluding ortho intramolecular Hbond substituents is 1. The van der Waals surface area contributed by atoms with E-state index in [1.807, 2.05) is 42.5 Å². The van der Waals surface area contributed by atoms with Crippen molar-refractivity contribution >= 4 is 29.1 Å². The zero-order valence-electron chi connectivity index (χ0n) is 12.1. The summed E-state index contributed by atoms with van der Waals surface area (Å²) < 4.78 is 0. The lowest BCUT2D eigenvalue weighted by atomic mass is 10.0. The predicted octanol–water partition coefficient (Wildman–Crippen LogP) is 5.43. The van der Waals surface area contributed by atoms with Gasteiger partial charge in [-0.3, -0.25) is 4.79 Å². The second-order valence-corrected chi connectivity index (χ2v) is 6.49. The van der Waals surface area contributed by atoms with Crippen molar-refractivity contribution in [3.8, 4) is 5.75 Å². The molecule has 3 aromatic rings. The van der Waals surface area contributed by atoms with Gasteiger partial charge in [0.1, 0.15) is 5.75 Å². The van der Waals surface area contributed by atoms with Crippen LogP contribution in [0.3, 0.4) is 0 Å². The van der Waals surface area contributed by atoms with Crippen LogP contribution in [0.4, 0.5) is 0 Å². The van der Waals surface area contributed by atoms with Crippen molar-refractivity contribution < 1.29 is 9.90 Å². The van der Waals surface area contributed by atoms with Gasteiger partial charge in [0.05, 0.1) is 5.02 Å². The third-order valence-electron chi connectivity index (χ3n) is 3.29. The Bertz CT molecular complexity index is 830. The van der Waals surface area contributed by atoms with Gasteiger partial charge in [0.25, 0.3) is 0 Å². The largest absolute Gasteiger partial charge is 0.508 e. The fourth-order valence-corrected chi connectivity index (χ4v) is 3.18. The molecule has 0 aromatic heterocycles. The fraction of sp³-hybridized carbons (Fsp3) is 0. The van der Waals surface area contributed by atoms with Crippen LogP contribution < -0.4 is 0 Å². The van der Waals surface area contributed by atoms with E-state index < -0.39 is 0 Å². The summed E-state index contributed by atoms with van der Waals surface area (Å²) in [7, 11) is 0. The summed E-state index contributed by atoms with van der Waals surface area (Å²) in [4.78, 5) is 14.7. The van der Waals surface area contributed by atoms with E-state index in [1.54, 1.807) is 23.9 Å². The van der Waals surface area contributed by atoms with E-state index in [0.717, 1.165) is 9.79 Å². The van der Waals surface area contributed by atoms with Crippen molar-refractivity contribution in [1.29, 1.82) is 0 Å². The first-order valence-corrected chi connectivity index (χ1v) is 8.19. The topological polar surface area (TPSA) is 37.3 Å². The molecule has 0 heterocycles. The van der Waals surface area contributed by atoms with Gasteiger partial charge in [0.15, 0.2) is 5.78 Å². The molecule has 0 aliphatic rings. The molecule has 0 saturated carbocycles. The Morgan fingerprint density at radius 3 is 2.22 bits per heavy atom. The Kier molecular flexibility index (Phi) is 4.70. The van der Waals surface area contributed by atoms with Crippen molar-refractivity contribution in [3.05, 3.63) is 88.9 Å². The van der Waals surface area contributed by atoms with Crippen LogP contribution in [-0.4, -0.2) is 10.9 Å². The highest BCUT2D eigenvalue weighted by Crippen LogP contribution is 2.29. The van der Waals surface area contributed by atoms with Crippen LogP contribution in [0.15, 0.2) is 82.6 Å². The molecule has 3 rings (SSSR count). The molecule has 4 heteroatoms. The Morgan fingerprint density at radius 1 is 0.870 bits per heavy atom. The lowest BCUT2D eigenvalue weighted by Gasteiger charge is -2.06. The summed E-state index contributed by atoms with van der Waals surface area (Å²) in [5, 5.41) is 9.86. The van der Waals surface area contributed by atoms with Gasteiger partial charge in [-0.2, -0.15) is 0 Å². The monoisotopic (exact) mass is 340 g/mol. The average molecular weight is 341 g/mol. The maximum absolute atomic E-state index is 12.5. The molecule has 0 aliphatic heterocycles. The summed E-state index contributed by atoms with van der Waals surface area (Å²) in [5.41, 5.74) is 0.838. The second-order valence-electron chi connectivity index (χ2n) is 4.93. The molecule has 0 saturated heterocycles. The first-order valence-electron chi connectivity index (χ1n) is 7.00. The normalized spacial score (nSPS) is 10.5. The molecule has 0 atom stereocenters. The Labute approximate surface area is 143 Å². The number of aromatic hydroxyl groups is 1. The summed E-state index contributed by atoms with van der Waals surface area (Å²) in [6.07, 6.45) is 0. The number of halogens is 1. The number of hydrogen-bond donors (Lipinski definition) is 1. The smallest absolute Gasteiger partial charge is 0.194 e. The predicted molar refractivity (Wildman–Crippen MR) is 93.6 cm³/mol. The van der Waals surface area contributed by atoms with Crippen LogP contribution in [-0.2, 0) is 0 Å². The number of carbonyl (C=O) groups is 1. The van der Waals surface area contributed by atoms with E-state index in [9.17, 15) is 9.90 Å². The van der Waals surface area contributed by atoms with Crippen molar-refractivity contribution in [2.75, 3.05) is 0 Å². The van der Waals surface area contributed by atoms with Gasteiger partial charge < -0.3 is 5.11 Å². The van der Waals surface area contributed by atoms with Gasteiger partial charge in [-0.1, -0.05) is 41.6 Å². The molecular weight excluding hydrogens is 328 g/mol. The highest BCUT2D eigenvalue weighted by molar-refractivity contribution is 7.99. The third kappa shape index (κ3) is 3.76. The summed E-state index contributed by atoms with van der Waals surface area (Å²) >= 11 is 7.68. The zero-order valence-corrected chi connectivity index (χ0v) is 13.6. The van der Waals surface area contributed by atoms with Gasteiger partial charge in [-0.25, -0.2) is 0 Å². The van der Waals surface area contributed by atoms with Crippen LogP contribution in [0.25, 0.3) is 0 Å². The maximum Gasteiger partial charge on any atom is 0.194 e. The first-order chi connectivity index (χ1) is 11.1. The summed E-state index contributed by atoms with van der Waals surface area (Å²) in [6.45, 7) is 0. The van der Waals surface area contributed by atoms with Crippen LogP contribution >= 0.6 is 23.4 Å². The molecule has 0 unspecified atom stereocenters. The second kappa shape index (κ2) is 6.90. The van der Waals surface area contributed by atoms with E-state index in [-0.39, 0.29) is 11.5 Å². The van der Waals surface area contributed by atoms with E-state index in [0.29, 0.717) is 16.1 Å². The number of rotatable bonds is 4. The molecule has 114 valence electrons. The Balaban J connectivity index is 1.82. The molecule has 0 bridgehead atoms. The van der Waals surface area contributed by atoms with Gasteiger partial charge in [0, 0.05) is 20.9 Å². The molecule has 2 nitrogen and oxygen atoms in total. The Morgan fingerprint density at radius 2 is 1.52 bits per heavy atom. The molecule has 0 radical (unpaired) electrons. The lowest BCUT2D eigenvalue weighted by molar-refractivity contribution is 0.103. The molecule has 0 amide bonds. The van der Waals surface area contributed by atoms with Gasteiger partial charge in [-0.15, -0.1) is 0 Å². The van der Waals surface area contributed by atoms with Crippen LogP contribution in [0.2, 0.25) is 5.02 Å². The van der Waals surface area contributed by atoms with Crippen LogP contribution in [0.5, 0.6) is 5.75 Å². The quantitative estimate of drug-likeness (QED) is 0.643. The third-order valence-corrected chi connectivity index (χ3v) is 4.64. The molecule has 0 fully saturated rings.